The molecule has 2 aromatic heterocycles. The summed E-state index contributed by atoms with van der Waals surface area (Å²) in [5, 5.41) is 7.30. The summed E-state index contributed by atoms with van der Waals surface area (Å²) in [6, 6.07) is 7.51. The lowest BCUT2D eigenvalue weighted by Gasteiger charge is -2.12. The van der Waals surface area contributed by atoms with Gasteiger partial charge in [0, 0.05) is 35.3 Å². The normalized spacial score (nSPS) is 10.6. The Morgan fingerprint density at radius 3 is 2.55 bits per heavy atom. The fourth-order valence-corrected chi connectivity index (χ4v) is 2.71. The first-order valence-corrected chi connectivity index (χ1v) is 6.94. The van der Waals surface area contributed by atoms with Crippen molar-refractivity contribution in [2.75, 3.05) is 0 Å². The predicted octanol–water partition coefficient (Wildman–Crippen LogP) is 2.85. The van der Waals surface area contributed by atoms with Gasteiger partial charge in [-0.25, -0.2) is 0 Å². The fraction of sp³-hybridized carbons (Fsp3) is 0.118. The number of nitrogens with zero attached hydrogens (tertiary/aromatic N) is 2. The van der Waals surface area contributed by atoms with Gasteiger partial charge in [-0.15, -0.1) is 0 Å². The summed E-state index contributed by atoms with van der Waals surface area (Å²) in [4.78, 5) is 15.6. The third-order valence-electron chi connectivity index (χ3n) is 3.81. The van der Waals surface area contributed by atoms with Crippen molar-refractivity contribution >= 4 is 5.91 Å². The third kappa shape index (κ3) is 2.26. The first kappa shape index (κ1) is 14.0. The van der Waals surface area contributed by atoms with Crippen molar-refractivity contribution in [3.8, 4) is 22.4 Å². The lowest BCUT2D eigenvalue weighted by molar-refractivity contribution is 0.1000. The Labute approximate surface area is 128 Å². The van der Waals surface area contributed by atoms with Crippen molar-refractivity contribution in [1.82, 2.24) is 15.2 Å². The number of pyridine rings is 1. The zero-order valence-corrected chi connectivity index (χ0v) is 12.4. The van der Waals surface area contributed by atoms with Gasteiger partial charge in [-0.3, -0.25) is 14.9 Å². The molecule has 1 amide bonds. The Hall–Kier alpha value is -2.95. The Morgan fingerprint density at radius 1 is 1.14 bits per heavy atom. The molecule has 3 N–H and O–H groups in total. The number of nitrogens with two attached hydrogens (primary N) is 1. The number of nitrogens with one attached hydrogen (secondary N) is 1. The van der Waals surface area contributed by atoms with Crippen LogP contribution in [0, 0.1) is 13.8 Å². The van der Waals surface area contributed by atoms with E-state index in [0.717, 1.165) is 33.5 Å². The molecule has 5 nitrogen and oxygen atoms in total. The Balaban J connectivity index is 2.24. The summed E-state index contributed by atoms with van der Waals surface area (Å²) < 4.78 is 0. The molecule has 0 radical (unpaired) electrons. The molecule has 0 spiro atoms. The molecule has 0 saturated heterocycles. The second-order valence-corrected chi connectivity index (χ2v) is 5.18. The molecule has 0 aliphatic rings. The van der Waals surface area contributed by atoms with Crippen molar-refractivity contribution in [3.63, 3.8) is 0 Å². The molecule has 0 aliphatic carbocycles. The van der Waals surface area contributed by atoms with E-state index in [4.69, 9.17) is 5.73 Å². The highest BCUT2D eigenvalue weighted by Crippen LogP contribution is 2.35. The number of benzene rings is 1. The molecule has 2 heterocycles. The van der Waals surface area contributed by atoms with E-state index >= 15 is 0 Å². The van der Waals surface area contributed by atoms with E-state index in [2.05, 4.69) is 15.2 Å². The highest BCUT2D eigenvalue weighted by molar-refractivity contribution is 5.97. The third-order valence-corrected chi connectivity index (χ3v) is 3.81. The van der Waals surface area contributed by atoms with Crippen LogP contribution >= 0.6 is 0 Å². The van der Waals surface area contributed by atoms with E-state index in [-0.39, 0.29) is 0 Å². The number of rotatable bonds is 3. The quantitative estimate of drug-likeness (QED) is 0.778. The van der Waals surface area contributed by atoms with Crippen molar-refractivity contribution in [2.45, 2.75) is 13.8 Å². The van der Waals surface area contributed by atoms with Gasteiger partial charge in [-0.1, -0.05) is 6.07 Å². The maximum Gasteiger partial charge on any atom is 0.248 e. The van der Waals surface area contributed by atoms with Crippen LogP contribution < -0.4 is 5.73 Å². The number of H-pyrrole nitrogens is 1. The summed E-state index contributed by atoms with van der Waals surface area (Å²) in [6.07, 6.45) is 5.33. The number of carbonyl (C=O) groups excluding carboxylic acids is 1. The number of primary amides is 1. The van der Waals surface area contributed by atoms with Crippen molar-refractivity contribution in [1.29, 1.82) is 0 Å². The second kappa shape index (κ2) is 5.44. The van der Waals surface area contributed by atoms with Crippen LogP contribution in [0.2, 0.25) is 0 Å². The average Bonchev–Trinajstić information content (AvgIpc) is 2.97. The molecule has 110 valence electrons. The molecule has 0 bridgehead atoms. The summed E-state index contributed by atoms with van der Waals surface area (Å²) in [5.41, 5.74) is 11.6. The van der Waals surface area contributed by atoms with E-state index in [1.54, 1.807) is 18.5 Å². The first-order valence-electron chi connectivity index (χ1n) is 6.94. The Morgan fingerprint density at radius 2 is 1.86 bits per heavy atom. The highest BCUT2D eigenvalue weighted by atomic mass is 16.1. The number of aromatic amines is 1. The van der Waals surface area contributed by atoms with E-state index in [1.165, 1.54) is 0 Å². The lowest BCUT2D eigenvalue weighted by atomic mass is 9.92. The van der Waals surface area contributed by atoms with Crippen LogP contribution in [-0.2, 0) is 0 Å². The van der Waals surface area contributed by atoms with Gasteiger partial charge in [0.05, 0.1) is 0 Å². The van der Waals surface area contributed by atoms with Crippen LogP contribution in [0.25, 0.3) is 22.4 Å². The smallest absolute Gasteiger partial charge is 0.248 e. The van der Waals surface area contributed by atoms with Crippen LogP contribution in [0.4, 0.5) is 0 Å². The molecule has 0 atom stereocenters. The van der Waals surface area contributed by atoms with Crippen molar-refractivity contribution in [2.24, 2.45) is 5.73 Å². The van der Waals surface area contributed by atoms with Gasteiger partial charge < -0.3 is 5.73 Å². The number of hydrogen-bond acceptors (Lipinski definition) is 3. The number of aromatic nitrogens is 3. The van der Waals surface area contributed by atoms with Gasteiger partial charge in [0.25, 0.3) is 0 Å². The molecule has 0 fully saturated rings. The molecular formula is C17H16N4O. The molecule has 0 saturated carbocycles. The number of hydrogen-bond donors (Lipinski definition) is 2. The minimum atomic E-state index is -0.431. The highest BCUT2D eigenvalue weighted by Gasteiger charge is 2.18. The van der Waals surface area contributed by atoms with Crippen molar-refractivity contribution in [3.05, 3.63) is 59.5 Å². The van der Waals surface area contributed by atoms with Gasteiger partial charge in [-0.2, -0.15) is 5.10 Å². The average molecular weight is 292 g/mol. The summed E-state index contributed by atoms with van der Waals surface area (Å²) in [6.45, 7) is 3.89. The fourth-order valence-electron chi connectivity index (χ4n) is 2.71. The molecular weight excluding hydrogens is 276 g/mol. The van der Waals surface area contributed by atoms with Gasteiger partial charge in [0.1, 0.15) is 5.69 Å². The lowest BCUT2D eigenvalue weighted by Crippen LogP contribution is -2.13. The van der Waals surface area contributed by atoms with Gasteiger partial charge in [0.2, 0.25) is 5.91 Å². The van der Waals surface area contributed by atoms with Crippen LogP contribution in [0.1, 0.15) is 21.5 Å². The van der Waals surface area contributed by atoms with Gasteiger partial charge in [-0.05, 0) is 48.7 Å². The first-order chi connectivity index (χ1) is 10.6. The Kier molecular flexibility index (Phi) is 3.47. The monoisotopic (exact) mass is 292 g/mol. The molecule has 1 aromatic carbocycles. The van der Waals surface area contributed by atoms with E-state index in [1.807, 2.05) is 38.2 Å². The van der Waals surface area contributed by atoms with Crippen LogP contribution in [-0.4, -0.2) is 21.1 Å². The SMILES string of the molecule is Cc1ccc(C(N)=O)c(C)c1-c1n[nH]cc1-c1ccncc1. The molecule has 22 heavy (non-hydrogen) atoms. The van der Waals surface area contributed by atoms with E-state index in [0.29, 0.717) is 5.56 Å². The standard InChI is InChI=1S/C17H16N4O/c1-10-3-4-13(17(18)22)11(2)15(10)16-14(9-20-21-16)12-5-7-19-8-6-12/h3-9H,1-2H3,(H2,18,22)(H,20,21). The van der Waals surface area contributed by atoms with Crippen molar-refractivity contribution < 1.29 is 4.79 Å². The number of amides is 1. The molecule has 0 aliphatic heterocycles. The molecule has 3 aromatic rings. The minimum absolute atomic E-state index is 0.431. The zero-order chi connectivity index (χ0) is 15.7. The van der Waals surface area contributed by atoms with Gasteiger partial charge >= 0.3 is 0 Å². The molecule has 0 unspecified atom stereocenters. The van der Waals surface area contributed by atoms with Crippen LogP contribution in [0.15, 0.2) is 42.9 Å². The summed E-state index contributed by atoms with van der Waals surface area (Å²) in [5.74, 6) is -0.431. The van der Waals surface area contributed by atoms with Gasteiger partial charge in [0.15, 0.2) is 0 Å². The Bertz CT molecular complexity index is 837. The molecule has 5 heteroatoms. The second-order valence-electron chi connectivity index (χ2n) is 5.18. The van der Waals surface area contributed by atoms with Crippen LogP contribution in [0.3, 0.4) is 0 Å². The maximum absolute atomic E-state index is 11.6. The maximum atomic E-state index is 11.6. The summed E-state index contributed by atoms with van der Waals surface area (Å²) in [7, 11) is 0. The zero-order valence-electron chi connectivity index (χ0n) is 12.4. The summed E-state index contributed by atoms with van der Waals surface area (Å²) >= 11 is 0. The number of aryl methyl sites for hydroxylation is 1. The van der Waals surface area contributed by atoms with Crippen LogP contribution in [0.5, 0.6) is 0 Å². The van der Waals surface area contributed by atoms with E-state index < -0.39 is 5.91 Å². The predicted molar refractivity (Wildman–Crippen MR) is 85.2 cm³/mol. The molecule has 3 rings (SSSR count). The number of carbonyl (C=O) groups is 1. The minimum Gasteiger partial charge on any atom is -0.366 e. The largest absolute Gasteiger partial charge is 0.366 e. The topological polar surface area (TPSA) is 84.7 Å². The van der Waals surface area contributed by atoms with E-state index in [9.17, 15) is 4.79 Å².